The average Bonchev–Trinajstić information content (AvgIpc) is 2.39. The van der Waals surface area contributed by atoms with Gasteiger partial charge in [0.1, 0.15) is 0 Å². The molecule has 4 heteroatoms. The van der Waals surface area contributed by atoms with Crippen LogP contribution in [0.5, 0.6) is 11.5 Å². The summed E-state index contributed by atoms with van der Waals surface area (Å²) < 4.78 is 11.3. The highest BCUT2D eigenvalue weighted by Gasteiger charge is 2.30. The molecule has 0 radical (unpaired) electrons. The van der Waals surface area contributed by atoms with Crippen molar-refractivity contribution in [1.29, 1.82) is 0 Å². The first-order chi connectivity index (χ1) is 10.7. The third-order valence-corrected chi connectivity index (χ3v) is 3.58. The maximum Gasteiger partial charge on any atom is 0.316 e. The van der Waals surface area contributed by atoms with E-state index in [4.69, 9.17) is 9.47 Å². The molecule has 0 fully saturated rings. The van der Waals surface area contributed by atoms with Crippen LogP contribution in [0.15, 0.2) is 12.1 Å². The lowest BCUT2D eigenvalue weighted by Gasteiger charge is -2.24. The maximum atomic E-state index is 12.4. The van der Waals surface area contributed by atoms with E-state index < -0.39 is 10.8 Å². The van der Waals surface area contributed by atoms with E-state index in [1.54, 1.807) is 41.5 Å². The Kier molecular flexibility index (Phi) is 5.86. The third-order valence-electron chi connectivity index (χ3n) is 3.58. The van der Waals surface area contributed by atoms with Crippen molar-refractivity contribution in [2.75, 3.05) is 0 Å². The Bertz CT molecular complexity index is 628. The summed E-state index contributed by atoms with van der Waals surface area (Å²) in [4.78, 5) is 24.7. The predicted molar refractivity (Wildman–Crippen MR) is 95.4 cm³/mol. The fraction of sp³-hybridized carbons (Fsp3) is 0.600. The summed E-state index contributed by atoms with van der Waals surface area (Å²) in [6.45, 7) is 16.6. The SMILES string of the molecule is Cc1ccc(C(C)C)c(OC(=O)C(C)(C)C)c1OC(=O)C(C)(C)C. The van der Waals surface area contributed by atoms with E-state index >= 15 is 0 Å². The molecule has 4 nitrogen and oxygen atoms in total. The van der Waals surface area contributed by atoms with Crippen LogP contribution in [0.2, 0.25) is 0 Å². The molecular formula is C20H30O4. The Morgan fingerprint density at radius 2 is 1.25 bits per heavy atom. The molecule has 0 amide bonds. The predicted octanol–water partition coefficient (Wildman–Crippen LogP) is 5.02. The van der Waals surface area contributed by atoms with Gasteiger partial charge in [-0.3, -0.25) is 9.59 Å². The summed E-state index contributed by atoms with van der Waals surface area (Å²) in [7, 11) is 0. The van der Waals surface area contributed by atoms with Crippen LogP contribution in [0.1, 0.15) is 72.4 Å². The van der Waals surface area contributed by atoms with Crippen LogP contribution in [0.25, 0.3) is 0 Å². The van der Waals surface area contributed by atoms with Gasteiger partial charge in [-0.15, -0.1) is 0 Å². The zero-order valence-corrected chi connectivity index (χ0v) is 16.4. The quantitative estimate of drug-likeness (QED) is 0.575. The van der Waals surface area contributed by atoms with Crippen molar-refractivity contribution in [3.8, 4) is 11.5 Å². The van der Waals surface area contributed by atoms with Gasteiger partial charge in [-0.25, -0.2) is 0 Å². The van der Waals surface area contributed by atoms with E-state index in [0.29, 0.717) is 11.5 Å². The van der Waals surface area contributed by atoms with Gasteiger partial charge < -0.3 is 9.47 Å². The molecule has 0 unspecified atom stereocenters. The van der Waals surface area contributed by atoms with Gasteiger partial charge in [0, 0.05) is 5.56 Å². The van der Waals surface area contributed by atoms with Crippen LogP contribution in [0, 0.1) is 17.8 Å². The molecular weight excluding hydrogens is 304 g/mol. The van der Waals surface area contributed by atoms with Gasteiger partial charge in [0.05, 0.1) is 10.8 Å². The van der Waals surface area contributed by atoms with Gasteiger partial charge in [0.25, 0.3) is 0 Å². The lowest BCUT2D eigenvalue weighted by molar-refractivity contribution is -0.145. The molecule has 1 aromatic carbocycles. The Morgan fingerprint density at radius 3 is 1.62 bits per heavy atom. The van der Waals surface area contributed by atoms with Crippen molar-refractivity contribution in [2.24, 2.45) is 10.8 Å². The summed E-state index contributed by atoms with van der Waals surface area (Å²) in [5.74, 6) is 0.0873. The van der Waals surface area contributed by atoms with Crippen LogP contribution >= 0.6 is 0 Å². The van der Waals surface area contributed by atoms with Gasteiger partial charge in [0.15, 0.2) is 11.5 Å². The summed E-state index contributed by atoms with van der Waals surface area (Å²) in [6.07, 6.45) is 0. The molecule has 0 atom stereocenters. The average molecular weight is 334 g/mol. The number of aryl methyl sites for hydroxylation is 1. The van der Waals surface area contributed by atoms with Crippen molar-refractivity contribution >= 4 is 11.9 Å². The second kappa shape index (κ2) is 6.96. The first-order valence-electron chi connectivity index (χ1n) is 8.33. The molecule has 0 saturated heterocycles. The molecule has 0 aliphatic carbocycles. The minimum atomic E-state index is -0.650. The number of benzene rings is 1. The molecule has 1 aromatic rings. The van der Waals surface area contributed by atoms with Crippen molar-refractivity contribution in [3.05, 3.63) is 23.3 Å². The number of carbonyl (C=O) groups is 2. The van der Waals surface area contributed by atoms with Gasteiger partial charge in [0.2, 0.25) is 0 Å². The van der Waals surface area contributed by atoms with Crippen LogP contribution in [-0.4, -0.2) is 11.9 Å². The van der Waals surface area contributed by atoms with E-state index in [9.17, 15) is 9.59 Å². The van der Waals surface area contributed by atoms with Crippen LogP contribution in [0.4, 0.5) is 0 Å². The van der Waals surface area contributed by atoms with Crippen molar-refractivity contribution in [2.45, 2.75) is 68.2 Å². The molecule has 134 valence electrons. The monoisotopic (exact) mass is 334 g/mol. The minimum absolute atomic E-state index is 0.125. The van der Waals surface area contributed by atoms with Crippen LogP contribution < -0.4 is 9.47 Å². The maximum absolute atomic E-state index is 12.4. The normalized spacial score (nSPS) is 12.2. The highest BCUT2D eigenvalue weighted by Crippen LogP contribution is 2.40. The van der Waals surface area contributed by atoms with Crippen molar-refractivity contribution in [1.82, 2.24) is 0 Å². The van der Waals surface area contributed by atoms with Gasteiger partial charge in [-0.05, 0) is 59.9 Å². The standard InChI is InChI=1S/C20H30O4/c1-12(2)14-11-10-13(3)15(23-17(21)19(4,5)6)16(14)24-18(22)20(7,8)9/h10-12H,1-9H3. The molecule has 0 aliphatic rings. The number of hydrogen-bond donors (Lipinski definition) is 0. The second-order valence-corrected chi connectivity index (χ2v) is 8.56. The summed E-state index contributed by atoms with van der Waals surface area (Å²) in [5, 5.41) is 0. The highest BCUT2D eigenvalue weighted by molar-refractivity contribution is 5.82. The molecule has 0 aromatic heterocycles. The molecule has 0 spiro atoms. The van der Waals surface area contributed by atoms with Crippen LogP contribution in [0.3, 0.4) is 0 Å². The van der Waals surface area contributed by atoms with E-state index in [1.807, 2.05) is 32.9 Å². The highest BCUT2D eigenvalue weighted by atomic mass is 16.6. The summed E-state index contributed by atoms with van der Waals surface area (Å²) >= 11 is 0. The smallest absolute Gasteiger partial charge is 0.316 e. The molecule has 0 bridgehead atoms. The minimum Gasteiger partial charge on any atom is -0.422 e. The zero-order chi connectivity index (χ0) is 18.9. The summed E-state index contributed by atoms with van der Waals surface area (Å²) in [5.41, 5.74) is 0.304. The number of rotatable bonds is 3. The van der Waals surface area contributed by atoms with E-state index in [0.717, 1.165) is 11.1 Å². The van der Waals surface area contributed by atoms with E-state index in [1.165, 1.54) is 0 Å². The lowest BCUT2D eigenvalue weighted by Crippen LogP contribution is -2.28. The van der Waals surface area contributed by atoms with E-state index in [2.05, 4.69) is 0 Å². The fourth-order valence-electron chi connectivity index (χ4n) is 1.85. The molecule has 0 aliphatic heterocycles. The number of carbonyl (C=O) groups excluding carboxylic acids is 2. The van der Waals surface area contributed by atoms with Crippen molar-refractivity contribution < 1.29 is 19.1 Å². The summed E-state index contributed by atoms with van der Waals surface area (Å²) in [6, 6.07) is 3.80. The van der Waals surface area contributed by atoms with Gasteiger partial charge in [-0.1, -0.05) is 26.0 Å². The Hall–Kier alpha value is -1.84. The van der Waals surface area contributed by atoms with E-state index in [-0.39, 0.29) is 17.9 Å². The molecule has 0 saturated carbocycles. The van der Waals surface area contributed by atoms with Crippen LogP contribution in [-0.2, 0) is 9.59 Å². The molecule has 1 rings (SSSR count). The first-order valence-corrected chi connectivity index (χ1v) is 8.33. The fourth-order valence-corrected chi connectivity index (χ4v) is 1.85. The lowest BCUT2D eigenvalue weighted by atomic mass is 9.96. The topological polar surface area (TPSA) is 52.6 Å². The van der Waals surface area contributed by atoms with Gasteiger partial charge in [-0.2, -0.15) is 0 Å². The zero-order valence-electron chi connectivity index (χ0n) is 16.4. The Balaban J connectivity index is 3.43. The van der Waals surface area contributed by atoms with Crippen molar-refractivity contribution in [3.63, 3.8) is 0 Å². The Labute approximate surface area is 145 Å². The number of esters is 2. The molecule has 24 heavy (non-hydrogen) atoms. The first kappa shape index (κ1) is 20.2. The molecule has 0 N–H and O–H groups in total. The largest absolute Gasteiger partial charge is 0.422 e. The second-order valence-electron chi connectivity index (χ2n) is 8.56. The number of ether oxygens (including phenoxy) is 2. The van der Waals surface area contributed by atoms with Gasteiger partial charge >= 0.3 is 11.9 Å². The number of hydrogen-bond acceptors (Lipinski definition) is 4. The third kappa shape index (κ3) is 4.83. The Morgan fingerprint density at radius 1 is 0.833 bits per heavy atom. The molecule has 0 heterocycles.